The van der Waals surface area contributed by atoms with Crippen molar-refractivity contribution in [2.24, 2.45) is 0 Å². The van der Waals surface area contributed by atoms with Crippen LogP contribution in [0.25, 0.3) is 0 Å². The van der Waals surface area contributed by atoms with Crippen molar-refractivity contribution in [3.8, 4) is 5.75 Å². The number of anilines is 1. The van der Waals surface area contributed by atoms with Gasteiger partial charge in [0.2, 0.25) is 0 Å². The minimum atomic E-state index is -0.479. The van der Waals surface area contributed by atoms with E-state index >= 15 is 0 Å². The molecule has 0 saturated carbocycles. The van der Waals surface area contributed by atoms with Gasteiger partial charge in [0.1, 0.15) is 18.0 Å². The second-order valence-corrected chi connectivity index (χ2v) is 5.38. The van der Waals surface area contributed by atoms with Gasteiger partial charge < -0.3 is 24.4 Å². The monoisotopic (exact) mass is 292 g/mol. The summed E-state index contributed by atoms with van der Waals surface area (Å²) < 4.78 is 16.6. The normalized spacial score (nSPS) is 26.7. The molecule has 3 rings (SSSR count). The van der Waals surface area contributed by atoms with Crippen molar-refractivity contribution >= 4 is 11.6 Å². The van der Waals surface area contributed by atoms with Crippen molar-refractivity contribution in [2.75, 3.05) is 51.5 Å². The second-order valence-electron chi connectivity index (χ2n) is 5.38. The number of nitrogens with zero attached hydrogens (tertiary/aromatic N) is 1. The molecule has 0 aliphatic carbocycles. The zero-order chi connectivity index (χ0) is 14.7. The van der Waals surface area contributed by atoms with Crippen LogP contribution in [0.2, 0.25) is 0 Å². The topological polar surface area (TPSA) is 60.0 Å². The first-order valence-corrected chi connectivity index (χ1v) is 7.09. The van der Waals surface area contributed by atoms with Gasteiger partial charge in [-0.2, -0.15) is 0 Å². The van der Waals surface area contributed by atoms with E-state index in [9.17, 15) is 4.79 Å². The van der Waals surface area contributed by atoms with Crippen LogP contribution in [0.1, 0.15) is 0 Å². The molecule has 0 aromatic heterocycles. The fraction of sp³-hybridized carbons (Fsp3) is 0.533. The van der Waals surface area contributed by atoms with Crippen LogP contribution in [-0.2, 0) is 14.3 Å². The largest absolute Gasteiger partial charge is 0.497 e. The third-order valence-corrected chi connectivity index (χ3v) is 3.85. The lowest BCUT2D eigenvalue weighted by molar-refractivity contribution is -0.144. The summed E-state index contributed by atoms with van der Waals surface area (Å²) in [5.41, 5.74) is 0.347. The Labute approximate surface area is 124 Å². The molecule has 1 amide bonds. The van der Waals surface area contributed by atoms with Crippen molar-refractivity contribution in [3.05, 3.63) is 24.3 Å². The van der Waals surface area contributed by atoms with Gasteiger partial charge >= 0.3 is 0 Å². The fourth-order valence-electron chi connectivity index (χ4n) is 2.69. The zero-order valence-corrected chi connectivity index (χ0v) is 12.1. The first-order valence-electron chi connectivity index (χ1n) is 7.09. The van der Waals surface area contributed by atoms with Crippen LogP contribution in [0.3, 0.4) is 0 Å². The molecule has 114 valence electrons. The Balaban J connectivity index is 1.84. The molecule has 6 heteroatoms. The Morgan fingerprint density at radius 1 is 1.43 bits per heavy atom. The number of carbonyl (C=O) groups excluding carboxylic acids is 1. The highest BCUT2D eigenvalue weighted by Gasteiger charge is 2.41. The van der Waals surface area contributed by atoms with Crippen LogP contribution >= 0.6 is 0 Å². The van der Waals surface area contributed by atoms with E-state index < -0.39 is 5.60 Å². The Kier molecular flexibility index (Phi) is 4.10. The third kappa shape index (κ3) is 3.02. The van der Waals surface area contributed by atoms with Gasteiger partial charge in [0.25, 0.3) is 5.91 Å². The van der Waals surface area contributed by atoms with Crippen molar-refractivity contribution < 1.29 is 19.0 Å². The van der Waals surface area contributed by atoms with E-state index in [0.717, 1.165) is 18.0 Å². The smallest absolute Gasteiger partial charge is 0.253 e. The summed E-state index contributed by atoms with van der Waals surface area (Å²) >= 11 is 0. The van der Waals surface area contributed by atoms with Crippen LogP contribution in [0, 0.1) is 0 Å². The summed E-state index contributed by atoms with van der Waals surface area (Å²) in [6, 6.07) is 7.51. The fourth-order valence-corrected chi connectivity index (χ4v) is 2.69. The molecule has 1 unspecified atom stereocenters. The molecule has 1 aromatic carbocycles. The molecule has 21 heavy (non-hydrogen) atoms. The molecule has 0 bridgehead atoms. The van der Waals surface area contributed by atoms with Gasteiger partial charge in [-0.15, -0.1) is 0 Å². The Morgan fingerprint density at radius 2 is 2.33 bits per heavy atom. The molecular weight excluding hydrogens is 272 g/mol. The Bertz CT molecular complexity index is 512. The number of rotatable bonds is 2. The van der Waals surface area contributed by atoms with E-state index in [1.807, 2.05) is 24.3 Å². The molecule has 2 fully saturated rings. The highest BCUT2D eigenvalue weighted by molar-refractivity contribution is 5.95. The Morgan fingerprint density at radius 3 is 3.19 bits per heavy atom. The lowest BCUT2D eigenvalue weighted by atomic mass is 10.0. The first kappa shape index (κ1) is 14.3. The lowest BCUT2D eigenvalue weighted by Crippen LogP contribution is -2.60. The van der Waals surface area contributed by atoms with Crippen LogP contribution in [0.5, 0.6) is 5.75 Å². The molecule has 1 atom stereocenters. The number of benzene rings is 1. The third-order valence-electron chi connectivity index (χ3n) is 3.85. The quantitative estimate of drug-likeness (QED) is 0.856. The van der Waals surface area contributed by atoms with Crippen molar-refractivity contribution in [1.29, 1.82) is 0 Å². The van der Waals surface area contributed by atoms with Gasteiger partial charge in [0, 0.05) is 24.8 Å². The highest BCUT2D eigenvalue weighted by Crippen LogP contribution is 2.27. The maximum Gasteiger partial charge on any atom is 0.253 e. The van der Waals surface area contributed by atoms with E-state index in [1.54, 1.807) is 12.0 Å². The molecule has 1 spiro atoms. The average Bonchev–Trinajstić information content (AvgIpc) is 2.76. The van der Waals surface area contributed by atoms with Gasteiger partial charge in [-0.1, -0.05) is 6.07 Å². The van der Waals surface area contributed by atoms with E-state index in [4.69, 9.17) is 14.2 Å². The highest BCUT2D eigenvalue weighted by atomic mass is 16.6. The minimum Gasteiger partial charge on any atom is -0.497 e. The number of methoxy groups -OCH3 is 1. The standard InChI is InChI=1S/C15H20N2O4/c1-19-13-4-2-3-12(7-13)17-10-15(21-8-14(17)18)9-16-5-6-20-11-15/h2-4,7,16H,5-6,8-11H2,1H3. The van der Waals surface area contributed by atoms with Gasteiger partial charge in [-0.25, -0.2) is 0 Å². The van der Waals surface area contributed by atoms with Crippen LogP contribution in [0.4, 0.5) is 5.69 Å². The Hall–Kier alpha value is -1.63. The number of hydrogen-bond donors (Lipinski definition) is 1. The molecule has 1 N–H and O–H groups in total. The maximum absolute atomic E-state index is 12.2. The summed E-state index contributed by atoms with van der Waals surface area (Å²) in [7, 11) is 1.62. The average molecular weight is 292 g/mol. The SMILES string of the molecule is COc1cccc(N2CC3(CNCCOC3)OCC2=O)c1. The van der Waals surface area contributed by atoms with Crippen LogP contribution < -0.4 is 15.0 Å². The van der Waals surface area contributed by atoms with E-state index in [0.29, 0.717) is 26.3 Å². The minimum absolute atomic E-state index is 0.0434. The van der Waals surface area contributed by atoms with Gasteiger partial charge in [-0.3, -0.25) is 4.79 Å². The summed E-state index contributed by atoms with van der Waals surface area (Å²) in [5.74, 6) is 0.689. The number of morpholine rings is 1. The van der Waals surface area contributed by atoms with Gasteiger partial charge in [0.15, 0.2) is 0 Å². The van der Waals surface area contributed by atoms with Crippen molar-refractivity contribution in [3.63, 3.8) is 0 Å². The van der Waals surface area contributed by atoms with E-state index in [2.05, 4.69) is 5.32 Å². The molecule has 6 nitrogen and oxygen atoms in total. The van der Waals surface area contributed by atoms with Gasteiger partial charge in [0.05, 0.1) is 26.9 Å². The predicted molar refractivity (Wildman–Crippen MR) is 77.7 cm³/mol. The summed E-state index contributed by atoms with van der Waals surface area (Å²) in [4.78, 5) is 14.0. The number of ether oxygens (including phenoxy) is 3. The number of amides is 1. The zero-order valence-electron chi connectivity index (χ0n) is 12.1. The summed E-state index contributed by atoms with van der Waals surface area (Å²) in [6.45, 7) is 3.19. The molecule has 2 heterocycles. The summed E-state index contributed by atoms with van der Waals surface area (Å²) in [6.07, 6.45) is 0. The van der Waals surface area contributed by atoms with Crippen LogP contribution in [0.15, 0.2) is 24.3 Å². The molecular formula is C15H20N2O4. The molecule has 0 radical (unpaired) electrons. The molecule has 2 aliphatic rings. The molecule has 1 aromatic rings. The molecule has 2 saturated heterocycles. The second kappa shape index (κ2) is 6.01. The van der Waals surface area contributed by atoms with Gasteiger partial charge in [-0.05, 0) is 12.1 Å². The lowest BCUT2D eigenvalue weighted by Gasteiger charge is -2.41. The number of nitrogens with one attached hydrogen (secondary N) is 1. The maximum atomic E-state index is 12.2. The summed E-state index contributed by atoms with van der Waals surface area (Å²) in [5, 5.41) is 3.30. The van der Waals surface area contributed by atoms with Crippen LogP contribution in [-0.4, -0.2) is 58.1 Å². The first-order chi connectivity index (χ1) is 10.2. The number of hydrogen-bond acceptors (Lipinski definition) is 5. The van der Waals surface area contributed by atoms with E-state index in [-0.39, 0.29) is 12.5 Å². The van der Waals surface area contributed by atoms with Crippen molar-refractivity contribution in [2.45, 2.75) is 5.60 Å². The number of carbonyl (C=O) groups is 1. The van der Waals surface area contributed by atoms with E-state index in [1.165, 1.54) is 0 Å². The van der Waals surface area contributed by atoms with Crippen molar-refractivity contribution in [1.82, 2.24) is 5.32 Å². The molecule has 2 aliphatic heterocycles. The predicted octanol–water partition coefficient (Wildman–Crippen LogP) is 0.417.